The molecule has 6 nitrogen and oxygen atoms in total. The predicted molar refractivity (Wildman–Crippen MR) is 73.0 cm³/mol. The third-order valence-corrected chi connectivity index (χ3v) is 3.56. The number of hydrogen-bond acceptors (Lipinski definition) is 4. The molecule has 0 aliphatic heterocycles. The van der Waals surface area contributed by atoms with Crippen molar-refractivity contribution in [3.63, 3.8) is 0 Å². The lowest BCUT2D eigenvalue weighted by atomic mass is 9.95. The van der Waals surface area contributed by atoms with Crippen molar-refractivity contribution in [2.24, 2.45) is 0 Å². The maximum absolute atomic E-state index is 11.4. The molecule has 0 saturated heterocycles. The zero-order valence-electron chi connectivity index (χ0n) is 10.5. The predicted octanol–water partition coefficient (Wildman–Crippen LogP) is 1.99. The lowest BCUT2D eigenvalue weighted by molar-refractivity contribution is 0.0649. The van der Waals surface area contributed by atoms with Crippen molar-refractivity contribution in [3.8, 4) is 11.1 Å². The zero-order valence-corrected chi connectivity index (χ0v) is 11.3. The molecule has 1 unspecified atom stereocenters. The summed E-state index contributed by atoms with van der Waals surface area (Å²) in [7, 11) is 0. The minimum Gasteiger partial charge on any atom is -0.768 e. The van der Waals surface area contributed by atoms with E-state index < -0.39 is 39.0 Å². The van der Waals surface area contributed by atoms with Crippen LogP contribution >= 0.6 is 0 Å². The summed E-state index contributed by atoms with van der Waals surface area (Å²) in [6.45, 7) is 0. The first-order valence-corrected chi connectivity index (χ1v) is 6.79. The molecule has 0 spiro atoms. The highest BCUT2D eigenvalue weighted by molar-refractivity contribution is 7.79. The summed E-state index contributed by atoms with van der Waals surface area (Å²) in [5.41, 5.74) is -0.650. The highest BCUT2D eigenvalue weighted by atomic mass is 32.2. The fraction of sp³-hybridized carbons (Fsp3) is 0. The molecule has 0 aliphatic carbocycles. The summed E-state index contributed by atoms with van der Waals surface area (Å²) in [6, 6.07) is 10.7. The van der Waals surface area contributed by atoms with Crippen molar-refractivity contribution in [1.29, 1.82) is 0 Å². The van der Waals surface area contributed by atoms with E-state index in [1.165, 1.54) is 6.07 Å². The van der Waals surface area contributed by atoms with Gasteiger partial charge in [0, 0.05) is 4.90 Å². The average molecular weight is 305 g/mol. The Balaban J connectivity index is 2.86. The van der Waals surface area contributed by atoms with Crippen LogP contribution in [-0.4, -0.2) is 30.9 Å². The van der Waals surface area contributed by atoms with E-state index in [1.54, 1.807) is 30.3 Å². The first kappa shape index (κ1) is 14.9. The molecule has 0 amide bonds. The van der Waals surface area contributed by atoms with Gasteiger partial charge in [-0.05, 0) is 28.3 Å². The third-order valence-electron chi connectivity index (χ3n) is 2.86. The number of hydrogen-bond donors (Lipinski definition) is 2. The van der Waals surface area contributed by atoms with Crippen LogP contribution in [-0.2, 0) is 11.1 Å². The summed E-state index contributed by atoms with van der Waals surface area (Å²) in [4.78, 5) is 22.2. The Labute approximate surface area is 122 Å². The molecule has 2 rings (SSSR count). The van der Waals surface area contributed by atoms with Crippen LogP contribution in [0, 0.1) is 0 Å². The highest BCUT2D eigenvalue weighted by Crippen LogP contribution is 2.30. The molecule has 2 N–H and O–H groups in total. The lowest BCUT2D eigenvalue weighted by Gasteiger charge is -2.15. The quantitative estimate of drug-likeness (QED) is 0.835. The molecule has 21 heavy (non-hydrogen) atoms. The Kier molecular flexibility index (Phi) is 4.15. The minimum absolute atomic E-state index is 0.148. The van der Waals surface area contributed by atoms with Crippen LogP contribution in [0.3, 0.4) is 0 Å². The Hall–Kier alpha value is -2.51. The van der Waals surface area contributed by atoms with Gasteiger partial charge in [0.05, 0.1) is 11.1 Å². The van der Waals surface area contributed by atoms with Crippen LogP contribution in [0.5, 0.6) is 0 Å². The van der Waals surface area contributed by atoms with Crippen molar-refractivity contribution in [2.75, 3.05) is 0 Å². The van der Waals surface area contributed by atoms with Crippen molar-refractivity contribution < 1.29 is 28.6 Å². The van der Waals surface area contributed by atoms with E-state index in [9.17, 15) is 28.6 Å². The number of aromatic carboxylic acids is 2. The molecule has 0 bridgehead atoms. The van der Waals surface area contributed by atoms with Gasteiger partial charge < -0.3 is 14.8 Å². The summed E-state index contributed by atoms with van der Waals surface area (Å²) in [5.74, 6) is -3.11. The monoisotopic (exact) mass is 305 g/mol. The second-order valence-corrected chi connectivity index (χ2v) is 4.98. The molecule has 0 aromatic heterocycles. The van der Waals surface area contributed by atoms with Gasteiger partial charge >= 0.3 is 11.9 Å². The van der Waals surface area contributed by atoms with E-state index in [2.05, 4.69) is 0 Å². The Bertz CT molecular complexity index is 739. The van der Waals surface area contributed by atoms with Gasteiger partial charge in [-0.3, -0.25) is 4.21 Å². The molecular weight excluding hydrogens is 296 g/mol. The summed E-state index contributed by atoms with van der Waals surface area (Å²) in [5, 5.41) is 18.5. The van der Waals surface area contributed by atoms with Crippen LogP contribution in [0.4, 0.5) is 0 Å². The molecule has 1 atom stereocenters. The second kappa shape index (κ2) is 5.86. The largest absolute Gasteiger partial charge is 0.768 e. The van der Waals surface area contributed by atoms with E-state index in [0.29, 0.717) is 5.56 Å². The molecule has 0 fully saturated rings. The first-order chi connectivity index (χ1) is 9.93. The van der Waals surface area contributed by atoms with Crippen LogP contribution in [0.1, 0.15) is 20.7 Å². The molecule has 2 aromatic rings. The first-order valence-electron chi connectivity index (χ1n) is 5.71. The van der Waals surface area contributed by atoms with Crippen molar-refractivity contribution in [2.45, 2.75) is 4.90 Å². The van der Waals surface area contributed by atoms with Gasteiger partial charge in [0.1, 0.15) is 0 Å². The van der Waals surface area contributed by atoms with Crippen LogP contribution in [0.2, 0.25) is 0 Å². The molecule has 0 heterocycles. The van der Waals surface area contributed by atoms with Crippen LogP contribution in [0.25, 0.3) is 11.1 Å². The van der Waals surface area contributed by atoms with E-state index in [0.717, 1.165) is 6.07 Å². The fourth-order valence-electron chi connectivity index (χ4n) is 2.02. The number of carboxylic acid groups (broad SMARTS) is 2. The van der Waals surface area contributed by atoms with Gasteiger partial charge in [-0.2, -0.15) is 0 Å². The summed E-state index contributed by atoms with van der Waals surface area (Å²) >= 11 is -2.85. The Morgan fingerprint density at radius 3 is 1.95 bits per heavy atom. The number of benzene rings is 2. The second-order valence-electron chi connectivity index (χ2n) is 4.07. The molecule has 0 saturated carbocycles. The highest BCUT2D eigenvalue weighted by Gasteiger charge is 2.25. The number of rotatable bonds is 4. The lowest BCUT2D eigenvalue weighted by Crippen LogP contribution is -2.14. The fourth-order valence-corrected chi connectivity index (χ4v) is 2.55. The van der Waals surface area contributed by atoms with E-state index in [-0.39, 0.29) is 5.56 Å². The van der Waals surface area contributed by atoms with Crippen LogP contribution < -0.4 is 0 Å². The van der Waals surface area contributed by atoms with Crippen molar-refractivity contribution >= 4 is 23.0 Å². The van der Waals surface area contributed by atoms with Gasteiger partial charge in [-0.1, -0.05) is 36.4 Å². The summed E-state index contributed by atoms with van der Waals surface area (Å²) < 4.78 is 22.2. The smallest absolute Gasteiger partial charge is 0.337 e. The normalized spacial score (nSPS) is 11.9. The summed E-state index contributed by atoms with van der Waals surface area (Å²) in [6.07, 6.45) is 0. The van der Waals surface area contributed by atoms with E-state index in [4.69, 9.17) is 0 Å². The van der Waals surface area contributed by atoms with E-state index >= 15 is 0 Å². The van der Waals surface area contributed by atoms with Gasteiger partial charge in [0.15, 0.2) is 0 Å². The molecule has 0 aliphatic rings. The maximum Gasteiger partial charge on any atom is 0.337 e. The molecule has 7 heteroatoms. The third kappa shape index (κ3) is 2.83. The SMILES string of the molecule is O=C(O)c1c(-c2ccccc2)ccc(S(=O)[O-])c1C(=O)O. The van der Waals surface area contributed by atoms with E-state index in [1.807, 2.05) is 0 Å². The van der Waals surface area contributed by atoms with Gasteiger partial charge in [-0.25, -0.2) is 9.59 Å². The standard InChI is InChI=1S/C14H10O6S/c15-13(16)11-9(8-4-2-1-3-5-8)6-7-10(21(19)20)12(11)14(17)18/h1-7H,(H,15,16)(H,17,18)(H,19,20)/p-1. The average Bonchev–Trinajstić information content (AvgIpc) is 2.46. The zero-order chi connectivity index (χ0) is 15.6. The Morgan fingerprint density at radius 1 is 0.905 bits per heavy atom. The van der Waals surface area contributed by atoms with Crippen molar-refractivity contribution in [3.05, 3.63) is 53.6 Å². The van der Waals surface area contributed by atoms with Gasteiger partial charge in [0.25, 0.3) is 0 Å². The van der Waals surface area contributed by atoms with Gasteiger partial charge in [0.2, 0.25) is 0 Å². The minimum atomic E-state index is -2.85. The number of carboxylic acids is 2. The molecule has 108 valence electrons. The molecular formula is C14H9O6S-. The topological polar surface area (TPSA) is 115 Å². The number of carbonyl (C=O) groups is 2. The Morgan fingerprint density at radius 2 is 1.48 bits per heavy atom. The van der Waals surface area contributed by atoms with Gasteiger partial charge in [-0.15, -0.1) is 0 Å². The van der Waals surface area contributed by atoms with Crippen molar-refractivity contribution in [1.82, 2.24) is 0 Å². The molecule has 2 aromatic carbocycles. The maximum atomic E-state index is 11.4. The van der Waals surface area contributed by atoms with Crippen LogP contribution in [0.15, 0.2) is 47.4 Å². The molecule has 0 radical (unpaired) electrons.